The summed E-state index contributed by atoms with van der Waals surface area (Å²) in [6.45, 7) is 9.89. The summed E-state index contributed by atoms with van der Waals surface area (Å²) >= 11 is 0. The second-order valence-corrected chi connectivity index (χ2v) is 14.5. The van der Waals surface area contributed by atoms with Gasteiger partial charge in [-0.2, -0.15) is 0 Å². The molecule has 1 aromatic rings. The van der Waals surface area contributed by atoms with Crippen molar-refractivity contribution in [1.29, 1.82) is 0 Å². The first-order chi connectivity index (χ1) is 24.4. The molecule has 2 N–H and O–H groups in total. The van der Waals surface area contributed by atoms with Crippen LogP contribution in [0, 0.1) is 5.92 Å². The minimum Gasteiger partial charge on any atom is -0.465 e. The molecule has 16 nitrogen and oxygen atoms in total. The number of β-amino-alcohol motifs (C(OH)–C–C–N with tert-alkyl or cyclic N) is 1. The lowest BCUT2D eigenvalue weighted by molar-refractivity contribution is -0.212. The maximum Gasteiger partial charge on any atom is 0.320 e. The van der Waals surface area contributed by atoms with Gasteiger partial charge in [-0.1, -0.05) is 30.3 Å². The van der Waals surface area contributed by atoms with Crippen LogP contribution in [0.4, 0.5) is 0 Å². The molecule has 0 aromatic heterocycles. The largest absolute Gasteiger partial charge is 0.465 e. The topological polar surface area (TPSA) is 177 Å². The third-order valence-corrected chi connectivity index (χ3v) is 9.32. The number of nitrogens with one attached hydrogen (secondary N) is 1. The Bertz CT molecular complexity index is 1260. The number of carbonyl (C=O) groups excluding carboxylic acids is 3. The molecule has 0 saturated carbocycles. The van der Waals surface area contributed by atoms with E-state index in [1.54, 1.807) is 20.8 Å². The molecule has 2 atom stereocenters. The van der Waals surface area contributed by atoms with Crippen LogP contribution in [0.25, 0.3) is 0 Å². The van der Waals surface area contributed by atoms with Gasteiger partial charge in [0.15, 0.2) is 6.29 Å². The van der Waals surface area contributed by atoms with E-state index < -0.39 is 34.4 Å². The van der Waals surface area contributed by atoms with Crippen molar-refractivity contribution in [3.8, 4) is 0 Å². The van der Waals surface area contributed by atoms with E-state index in [0.29, 0.717) is 52.4 Å². The SMILES string of the molecule is CCOC(=O)CN1CCN(CC(=O)OCC)CCN(CC(O)C(NS(C)(=O)=O)C2COC(c3ccccc3)OC2)CCN(CC(=O)OCC)CC1. The van der Waals surface area contributed by atoms with Crippen LogP contribution in [0.3, 0.4) is 0 Å². The predicted molar refractivity (Wildman–Crippen MR) is 188 cm³/mol. The average molecular weight is 744 g/mol. The van der Waals surface area contributed by atoms with Gasteiger partial charge >= 0.3 is 17.9 Å². The summed E-state index contributed by atoms with van der Waals surface area (Å²) in [4.78, 5) is 45.3. The molecular formula is C34H57N5O11S. The highest BCUT2D eigenvalue weighted by molar-refractivity contribution is 7.88. The van der Waals surface area contributed by atoms with E-state index in [4.69, 9.17) is 23.7 Å². The van der Waals surface area contributed by atoms with Gasteiger partial charge in [-0.15, -0.1) is 0 Å². The summed E-state index contributed by atoms with van der Waals surface area (Å²) in [7, 11) is -3.73. The molecule has 2 unspecified atom stereocenters. The zero-order valence-electron chi connectivity index (χ0n) is 30.4. The fraction of sp³-hybridized carbons (Fsp3) is 0.735. The Labute approximate surface area is 302 Å². The van der Waals surface area contributed by atoms with Crippen LogP contribution < -0.4 is 4.72 Å². The van der Waals surface area contributed by atoms with Gasteiger partial charge in [0.25, 0.3) is 0 Å². The van der Waals surface area contributed by atoms with Gasteiger partial charge in [-0.25, -0.2) is 13.1 Å². The van der Waals surface area contributed by atoms with Gasteiger partial charge in [-0.3, -0.25) is 34.0 Å². The number of nitrogens with zero attached hydrogens (tertiary/aromatic N) is 4. The predicted octanol–water partition coefficient (Wildman–Crippen LogP) is -0.462. The molecule has 2 aliphatic rings. The smallest absolute Gasteiger partial charge is 0.320 e. The van der Waals surface area contributed by atoms with E-state index in [1.807, 2.05) is 49.9 Å². The van der Waals surface area contributed by atoms with Crippen molar-refractivity contribution in [3.05, 3.63) is 35.9 Å². The Morgan fingerprint density at radius 2 is 1.14 bits per heavy atom. The van der Waals surface area contributed by atoms with E-state index in [0.717, 1.165) is 11.8 Å². The molecule has 2 fully saturated rings. The van der Waals surface area contributed by atoms with Crippen molar-refractivity contribution in [1.82, 2.24) is 24.3 Å². The lowest BCUT2D eigenvalue weighted by Gasteiger charge is -2.38. The number of ether oxygens (including phenoxy) is 5. The number of aliphatic hydroxyl groups is 1. The highest BCUT2D eigenvalue weighted by atomic mass is 32.2. The van der Waals surface area contributed by atoms with E-state index in [1.165, 1.54) is 0 Å². The van der Waals surface area contributed by atoms with Gasteiger partial charge in [0.2, 0.25) is 10.0 Å². The summed E-state index contributed by atoms with van der Waals surface area (Å²) in [6, 6.07) is 8.51. The van der Waals surface area contributed by atoms with E-state index >= 15 is 0 Å². The van der Waals surface area contributed by atoms with Crippen LogP contribution in [0.2, 0.25) is 0 Å². The molecular weight excluding hydrogens is 686 g/mol. The Morgan fingerprint density at radius 3 is 1.51 bits per heavy atom. The maximum atomic E-state index is 12.6. The number of hydrogen-bond donors (Lipinski definition) is 2. The molecule has 0 spiro atoms. The average Bonchev–Trinajstić information content (AvgIpc) is 3.08. The number of rotatable bonds is 16. The van der Waals surface area contributed by atoms with Gasteiger partial charge < -0.3 is 28.8 Å². The minimum absolute atomic E-state index is 0.0318. The zero-order valence-corrected chi connectivity index (χ0v) is 31.3. The molecule has 3 rings (SSSR count). The molecule has 2 heterocycles. The molecule has 17 heteroatoms. The van der Waals surface area contributed by atoms with Crippen LogP contribution in [-0.4, -0.2) is 181 Å². The zero-order chi connectivity index (χ0) is 37.2. The highest BCUT2D eigenvalue weighted by Gasteiger charge is 2.36. The summed E-state index contributed by atoms with van der Waals surface area (Å²) < 4.78 is 55.2. The van der Waals surface area contributed by atoms with Gasteiger partial charge in [-0.05, 0) is 20.8 Å². The van der Waals surface area contributed by atoms with Gasteiger partial charge in [0.1, 0.15) is 0 Å². The van der Waals surface area contributed by atoms with Crippen molar-refractivity contribution in [2.45, 2.75) is 39.2 Å². The molecule has 0 aliphatic carbocycles. The van der Waals surface area contributed by atoms with Crippen molar-refractivity contribution in [3.63, 3.8) is 0 Å². The normalized spacial score (nSPS) is 22.2. The summed E-state index contributed by atoms with van der Waals surface area (Å²) in [5.74, 6) is -1.59. The molecule has 0 bridgehead atoms. The Balaban J connectivity index is 1.80. The standard InChI is InChI=1S/C34H57N5O11S/c1-5-46-30(41)22-37-15-13-36(14-16-38(23-31(42)47-6-2)18-20-39(19-17-37)24-32(43)48-7-3)21-29(40)33(35-51(4,44)45)28-25-49-34(50-26-28)27-11-9-8-10-12-27/h8-12,28-29,33-35,40H,5-7,13-26H2,1-4H3. The number of sulfonamides is 1. The highest BCUT2D eigenvalue weighted by Crippen LogP contribution is 2.27. The van der Waals surface area contributed by atoms with Crippen LogP contribution >= 0.6 is 0 Å². The number of hydrogen-bond acceptors (Lipinski definition) is 15. The van der Waals surface area contributed by atoms with Crippen molar-refractivity contribution in [2.75, 3.05) is 118 Å². The Morgan fingerprint density at radius 1 is 0.745 bits per heavy atom. The van der Waals surface area contributed by atoms with Crippen molar-refractivity contribution >= 4 is 27.9 Å². The van der Waals surface area contributed by atoms with Crippen molar-refractivity contribution in [2.24, 2.45) is 5.92 Å². The van der Waals surface area contributed by atoms with Crippen molar-refractivity contribution < 1.29 is 51.6 Å². The van der Waals surface area contributed by atoms with Crippen LogP contribution in [0.15, 0.2) is 30.3 Å². The first-order valence-electron chi connectivity index (χ1n) is 17.7. The van der Waals surface area contributed by atoms with E-state index in [2.05, 4.69) is 4.72 Å². The molecule has 2 aliphatic heterocycles. The first kappa shape index (κ1) is 42.7. The quantitative estimate of drug-likeness (QED) is 0.164. The summed E-state index contributed by atoms with van der Waals surface area (Å²) in [6.07, 6.45) is -0.709. The summed E-state index contributed by atoms with van der Waals surface area (Å²) in [5, 5.41) is 11.7. The van der Waals surface area contributed by atoms with Gasteiger partial charge in [0, 0.05) is 70.4 Å². The second-order valence-electron chi connectivity index (χ2n) is 12.7. The molecule has 1 aromatic carbocycles. The van der Waals surface area contributed by atoms with E-state index in [-0.39, 0.29) is 77.1 Å². The number of aliphatic hydroxyl groups excluding tert-OH is 1. The third-order valence-electron chi connectivity index (χ3n) is 8.62. The Hall–Kier alpha value is -2.74. The minimum atomic E-state index is -3.73. The Kier molecular flexibility index (Phi) is 18.7. The number of carbonyl (C=O) groups is 3. The number of benzene rings is 1. The molecule has 2 saturated heterocycles. The molecule has 0 radical (unpaired) electrons. The number of esters is 3. The molecule has 0 amide bonds. The molecule has 290 valence electrons. The second kappa shape index (κ2) is 22.4. The van der Waals surface area contributed by atoms with Crippen LogP contribution in [-0.2, 0) is 48.1 Å². The van der Waals surface area contributed by atoms with Gasteiger partial charge in [0.05, 0.1) is 71.1 Å². The first-order valence-corrected chi connectivity index (χ1v) is 19.6. The van der Waals surface area contributed by atoms with Crippen LogP contribution in [0.1, 0.15) is 32.6 Å². The fourth-order valence-corrected chi connectivity index (χ4v) is 6.89. The lowest BCUT2D eigenvalue weighted by Crippen LogP contribution is -2.56. The monoisotopic (exact) mass is 743 g/mol. The maximum absolute atomic E-state index is 12.6. The van der Waals surface area contributed by atoms with Crippen LogP contribution in [0.5, 0.6) is 0 Å². The third kappa shape index (κ3) is 16.2. The summed E-state index contributed by atoms with van der Waals surface area (Å²) in [5.41, 5.74) is 0.840. The lowest BCUT2D eigenvalue weighted by atomic mass is 9.96. The van der Waals surface area contributed by atoms with E-state index in [9.17, 15) is 27.9 Å². The fourth-order valence-electron chi connectivity index (χ4n) is 6.05. The molecule has 51 heavy (non-hydrogen) atoms.